The minimum absolute atomic E-state index is 0.0361. The van der Waals surface area contributed by atoms with Gasteiger partial charge in [-0.1, -0.05) is 0 Å². The lowest BCUT2D eigenvalue weighted by molar-refractivity contribution is 0.330. The van der Waals surface area contributed by atoms with Gasteiger partial charge in [0.2, 0.25) is 10.0 Å². The van der Waals surface area contributed by atoms with Crippen LogP contribution in [-0.2, 0) is 29.4 Å². The monoisotopic (exact) mass is 329 g/mol. The molecule has 1 aromatic rings. The molecule has 1 saturated heterocycles. The van der Waals surface area contributed by atoms with Crippen LogP contribution in [0.3, 0.4) is 0 Å². The van der Waals surface area contributed by atoms with Crippen LogP contribution in [-0.4, -0.2) is 42.7 Å². The molecule has 1 aliphatic carbocycles. The van der Waals surface area contributed by atoms with Crippen LogP contribution >= 0.6 is 11.3 Å². The van der Waals surface area contributed by atoms with Crippen molar-refractivity contribution in [3.05, 3.63) is 15.6 Å². The molecule has 7 heteroatoms. The highest BCUT2D eigenvalue weighted by atomic mass is 32.2. The number of hydrogen-bond acceptors (Lipinski definition) is 5. The van der Waals surface area contributed by atoms with Crippen molar-refractivity contribution < 1.29 is 8.42 Å². The normalized spacial score (nSPS) is 23.1. The van der Waals surface area contributed by atoms with E-state index in [1.165, 1.54) is 23.4 Å². The first kappa shape index (κ1) is 15.4. The minimum atomic E-state index is -3.19. The molecule has 21 heavy (non-hydrogen) atoms. The van der Waals surface area contributed by atoms with Crippen molar-refractivity contribution in [3.63, 3.8) is 0 Å². The fraction of sp³-hybridized carbons (Fsp3) is 0.786. The van der Waals surface area contributed by atoms with Crippen LogP contribution in [0.1, 0.15) is 42.3 Å². The average Bonchev–Trinajstić information content (AvgIpc) is 3.02. The zero-order valence-corrected chi connectivity index (χ0v) is 14.3. The molecule has 0 bridgehead atoms. The van der Waals surface area contributed by atoms with Crippen molar-refractivity contribution >= 4 is 21.4 Å². The number of rotatable bonds is 5. The molecule has 1 aromatic heterocycles. The van der Waals surface area contributed by atoms with Crippen LogP contribution in [0.4, 0.5) is 0 Å². The Hall–Kier alpha value is -0.500. The first-order valence-electron chi connectivity index (χ1n) is 7.65. The van der Waals surface area contributed by atoms with Gasteiger partial charge in [0, 0.05) is 17.5 Å². The molecule has 1 fully saturated rings. The van der Waals surface area contributed by atoms with Crippen LogP contribution in [0.2, 0.25) is 0 Å². The molecule has 0 radical (unpaired) electrons. The average molecular weight is 329 g/mol. The van der Waals surface area contributed by atoms with Gasteiger partial charge in [-0.3, -0.25) is 4.90 Å². The van der Waals surface area contributed by atoms with Gasteiger partial charge in [0.1, 0.15) is 5.01 Å². The van der Waals surface area contributed by atoms with Crippen molar-refractivity contribution in [2.24, 2.45) is 0 Å². The zero-order valence-electron chi connectivity index (χ0n) is 12.6. The molecule has 118 valence electrons. The van der Waals surface area contributed by atoms with E-state index in [-0.39, 0.29) is 11.3 Å². The Kier molecular flexibility index (Phi) is 4.36. The summed E-state index contributed by atoms with van der Waals surface area (Å²) in [5, 5.41) is 0.862. The third-order valence-electron chi connectivity index (χ3n) is 4.07. The van der Waals surface area contributed by atoms with Crippen molar-refractivity contribution in [1.29, 1.82) is 0 Å². The van der Waals surface area contributed by atoms with Gasteiger partial charge in [0.25, 0.3) is 0 Å². The molecular formula is C14H23N3O2S2. The van der Waals surface area contributed by atoms with E-state index in [2.05, 4.69) is 9.62 Å². The van der Waals surface area contributed by atoms with E-state index >= 15 is 0 Å². The quantitative estimate of drug-likeness (QED) is 0.890. The van der Waals surface area contributed by atoms with Crippen molar-refractivity contribution in [3.8, 4) is 0 Å². The van der Waals surface area contributed by atoms with Gasteiger partial charge < -0.3 is 0 Å². The predicted molar refractivity (Wildman–Crippen MR) is 85.0 cm³/mol. The second kappa shape index (κ2) is 5.95. The zero-order chi connectivity index (χ0) is 15.0. The largest absolute Gasteiger partial charge is 0.295 e. The van der Waals surface area contributed by atoms with E-state index in [0.717, 1.165) is 24.5 Å². The van der Waals surface area contributed by atoms with Crippen LogP contribution in [0.5, 0.6) is 0 Å². The van der Waals surface area contributed by atoms with E-state index in [1.54, 1.807) is 0 Å². The number of hydrogen-bond donors (Lipinski definition) is 1. The summed E-state index contributed by atoms with van der Waals surface area (Å²) < 4.78 is 27.1. The van der Waals surface area contributed by atoms with E-state index in [0.29, 0.717) is 13.0 Å². The maximum atomic E-state index is 12.2. The molecular weight excluding hydrogens is 306 g/mol. The lowest BCUT2D eigenvalue weighted by Gasteiger charge is -2.16. The van der Waals surface area contributed by atoms with Gasteiger partial charge in [0.05, 0.1) is 17.5 Å². The Balaban J connectivity index is 1.59. The molecule has 0 amide bonds. The van der Waals surface area contributed by atoms with Crippen molar-refractivity contribution in [2.45, 2.75) is 57.4 Å². The van der Waals surface area contributed by atoms with E-state index in [9.17, 15) is 8.42 Å². The Bertz CT molecular complexity index is 588. The summed E-state index contributed by atoms with van der Waals surface area (Å²) in [5.74, 6) is 0. The molecule has 5 nitrogen and oxygen atoms in total. The molecule has 1 atom stereocenters. The number of likely N-dealkylation sites (tertiary alicyclic amines) is 1. The van der Waals surface area contributed by atoms with Crippen LogP contribution in [0.15, 0.2) is 0 Å². The van der Waals surface area contributed by atoms with E-state index in [1.807, 2.05) is 25.2 Å². The predicted octanol–water partition coefficient (Wildman–Crippen LogP) is 1.53. The second-order valence-corrected chi connectivity index (χ2v) is 9.45. The van der Waals surface area contributed by atoms with Crippen LogP contribution in [0, 0.1) is 0 Å². The Morgan fingerprint density at radius 2 is 2.24 bits per heavy atom. The summed E-state index contributed by atoms with van der Waals surface area (Å²) in [7, 11) is -3.19. The number of sulfonamides is 1. The summed E-state index contributed by atoms with van der Waals surface area (Å²) in [6.45, 7) is 5.98. The molecule has 0 saturated carbocycles. The van der Waals surface area contributed by atoms with Gasteiger partial charge in [-0.25, -0.2) is 18.1 Å². The van der Waals surface area contributed by atoms with Gasteiger partial charge in [0.15, 0.2) is 0 Å². The number of aromatic nitrogens is 1. The van der Waals surface area contributed by atoms with Gasteiger partial charge in [-0.05, 0) is 46.1 Å². The highest BCUT2D eigenvalue weighted by molar-refractivity contribution is 7.90. The number of thiazole rings is 1. The topological polar surface area (TPSA) is 62.3 Å². The maximum Gasteiger partial charge on any atom is 0.216 e. The fourth-order valence-electron chi connectivity index (χ4n) is 3.12. The molecule has 3 rings (SSSR count). The Morgan fingerprint density at radius 3 is 2.95 bits per heavy atom. The first-order valence-corrected chi connectivity index (χ1v) is 10.0. The molecule has 2 aliphatic rings. The summed E-state index contributed by atoms with van der Waals surface area (Å²) >= 11 is 1.81. The third kappa shape index (κ3) is 3.47. The number of aryl methyl sites for hydroxylation is 2. The number of nitrogens with one attached hydrogen (secondary N) is 1. The smallest absolute Gasteiger partial charge is 0.216 e. The molecule has 0 aromatic carbocycles. The summed E-state index contributed by atoms with van der Waals surface area (Å²) in [4.78, 5) is 8.36. The number of nitrogens with zero attached hydrogens (tertiary/aromatic N) is 2. The fourth-order valence-corrected chi connectivity index (χ4v) is 5.99. The maximum absolute atomic E-state index is 12.2. The highest BCUT2D eigenvalue weighted by Crippen LogP contribution is 2.29. The number of fused-ring (bicyclic) bond motifs is 1. The standard InChI is InChI=1S/C14H23N3O2S2/c1-10(2)16-21(18,19)11-6-7-17(8-11)9-14-15-12-4-3-5-13(12)20-14/h10-11,16H,3-9H2,1-2H3/t11-/m0/s1. The summed E-state index contributed by atoms with van der Waals surface area (Å²) in [6.07, 6.45) is 4.23. The lowest BCUT2D eigenvalue weighted by Crippen LogP contribution is -2.39. The Labute approximate surface area is 130 Å². The lowest BCUT2D eigenvalue weighted by atomic mass is 10.4. The van der Waals surface area contributed by atoms with Crippen molar-refractivity contribution in [1.82, 2.24) is 14.6 Å². The summed E-state index contributed by atoms with van der Waals surface area (Å²) in [6, 6.07) is -0.0361. The van der Waals surface area contributed by atoms with Crippen molar-refractivity contribution in [2.75, 3.05) is 13.1 Å². The van der Waals surface area contributed by atoms with Gasteiger partial charge in [-0.2, -0.15) is 0 Å². The molecule has 0 unspecified atom stereocenters. The van der Waals surface area contributed by atoms with E-state index in [4.69, 9.17) is 4.98 Å². The van der Waals surface area contributed by atoms with Gasteiger partial charge in [-0.15, -0.1) is 11.3 Å². The molecule has 1 aliphatic heterocycles. The van der Waals surface area contributed by atoms with Gasteiger partial charge >= 0.3 is 0 Å². The SMILES string of the molecule is CC(C)NS(=O)(=O)[C@H]1CCN(Cc2nc3c(s2)CCC3)C1. The highest BCUT2D eigenvalue weighted by Gasteiger charge is 2.33. The molecule has 0 spiro atoms. The summed E-state index contributed by atoms with van der Waals surface area (Å²) in [5.41, 5.74) is 1.28. The van der Waals surface area contributed by atoms with Crippen LogP contribution in [0.25, 0.3) is 0 Å². The minimum Gasteiger partial charge on any atom is -0.295 e. The molecule has 2 heterocycles. The second-order valence-electron chi connectivity index (χ2n) is 6.29. The Morgan fingerprint density at radius 1 is 1.43 bits per heavy atom. The first-order chi connectivity index (χ1) is 9.94. The van der Waals surface area contributed by atoms with Crippen LogP contribution < -0.4 is 4.72 Å². The van der Waals surface area contributed by atoms with E-state index < -0.39 is 10.0 Å². The third-order valence-corrected chi connectivity index (χ3v) is 7.27. The molecule has 1 N–H and O–H groups in total.